The van der Waals surface area contributed by atoms with Crippen molar-refractivity contribution in [3.63, 3.8) is 0 Å². The zero-order chi connectivity index (χ0) is 20.4. The first kappa shape index (κ1) is 19.8. The molecule has 1 fully saturated rings. The van der Waals surface area contributed by atoms with Gasteiger partial charge in [0.15, 0.2) is 0 Å². The molecule has 0 saturated carbocycles. The average molecular weight is 413 g/mol. The van der Waals surface area contributed by atoms with Crippen LogP contribution in [0.25, 0.3) is 11.4 Å². The minimum absolute atomic E-state index is 0.344. The minimum atomic E-state index is -3.46. The van der Waals surface area contributed by atoms with Crippen molar-refractivity contribution in [3.05, 3.63) is 65.5 Å². The van der Waals surface area contributed by atoms with Crippen LogP contribution >= 0.6 is 0 Å². The molecule has 152 valence electrons. The Morgan fingerprint density at radius 3 is 2.10 bits per heavy atom. The van der Waals surface area contributed by atoms with Crippen molar-refractivity contribution in [1.82, 2.24) is 19.3 Å². The van der Waals surface area contributed by atoms with Crippen LogP contribution in [0.2, 0.25) is 0 Å². The van der Waals surface area contributed by atoms with Gasteiger partial charge in [-0.05, 0) is 26.0 Å². The highest BCUT2D eigenvalue weighted by atomic mass is 32.2. The molecule has 4 rings (SSSR count). The van der Waals surface area contributed by atoms with Crippen LogP contribution in [0.4, 0.5) is 0 Å². The summed E-state index contributed by atoms with van der Waals surface area (Å²) < 4.78 is 32.6. The number of aryl methyl sites for hydroxylation is 2. The molecule has 0 aliphatic carbocycles. The Labute approximate surface area is 171 Å². The lowest BCUT2D eigenvalue weighted by Crippen LogP contribution is -2.48. The van der Waals surface area contributed by atoms with E-state index in [9.17, 15) is 8.42 Å². The predicted octanol–water partition coefficient (Wildman–Crippen LogP) is 2.86. The molecule has 3 aromatic rings. The highest BCUT2D eigenvalue weighted by Crippen LogP contribution is 2.20. The molecule has 0 bridgehead atoms. The number of hydrogen-bond acceptors (Lipinski definition) is 6. The van der Waals surface area contributed by atoms with Crippen LogP contribution < -0.4 is 0 Å². The first-order valence-electron chi connectivity index (χ1n) is 9.60. The highest BCUT2D eigenvalue weighted by molar-refractivity contribution is 7.89. The molecule has 0 N–H and O–H groups in total. The van der Waals surface area contributed by atoms with Gasteiger partial charge in [-0.15, -0.1) is 0 Å². The van der Waals surface area contributed by atoms with Crippen molar-refractivity contribution in [2.45, 2.75) is 25.3 Å². The molecule has 1 saturated heterocycles. The number of rotatable bonds is 5. The third kappa shape index (κ3) is 4.39. The average Bonchev–Trinajstić information content (AvgIpc) is 3.18. The molecular formula is C21H24N4O3S. The van der Waals surface area contributed by atoms with Crippen molar-refractivity contribution in [3.8, 4) is 11.4 Å². The summed E-state index contributed by atoms with van der Waals surface area (Å²) in [4.78, 5) is 6.95. The zero-order valence-corrected chi connectivity index (χ0v) is 17.4. The van der Waals surface area contributed by atoms with Crippen molar-refractivity contribution >= 4 is 10.0 Å². The van der Waals surface area contributed by atoms with E-state index in [2.05, 4.69) is 15.0 Å². The van der Waals surface area contributed by atoms with E-state index in [0.717, 1.165) is 11.1 Å². The summed E-state index contributed by atoms with van der Waals surface area (Å²) in [5, 5.41) is 4.06. The highest BCUT2D eigenvalue weighted by Gasteiger charge is 2.29. The Morgan fingerprint density at radius 2 is 1.48 bits per heavy atom. The van der Waals surface area contributed by atoms with Crippen LogP contribution in [0.1, 0.15) is 17.0 Å². The molecule has 2 heterocycles. The molecule has 1 aromatic heterocycles. The van der Waals surface area contributed by atoms with Crippen LogP contribution in [0.15, 0.2) is 57.9 Å². The maximum absolute atomic E-state index is 12.8. The van der Waals surface area contributed by atoms with Crippen LogP contribution in [-0.4, -0.2) is 53.9 Å². The lowest BCUT2D eigenvalue weighted by atomic mass is 10.1. The summed E-state index contributed by atoms with van der Waals surface area (Å²) >= 11 is 0. The molecule has 1 aliphatic rings. The fourth-order valence-corrected chi connectivity index (χ4v) is 4.74. The van der Waals surface area contributed by atoms with Gasteiger partial charge < -0.3 is 4.52 Å². The van der Waals surface area contributed by atoms with Gasteiger partial charge in [0.2, 0.25) is 21.7 Å². The predicted molar refractivity (Wildman–Crippen MR) is 110 cm³/mol. The molecule has 0 radical (unpaired) electrons. The fourth-order valence-electron chi connectivity index (χ4n) is 3.32. The van der Waals surface area contributed by atoms with Crippen LogP contribution in [0.3, 0.4) is 0 Å². The van der Waals surface area contributed by atoms with E-state index in [-0.39, 0.29) is 0 Å². The number of aromatic nitrogens is 2. The number of nitrogens with zero attached hydrogens (tertiary/aromatic N) is 4. The van der Waals surface area contributed by atoms with E-state index in [1.165, 1.54) is 5.56 Å². The van der Waals surface area contributed by atoms with Crippen molar-refractivity contribution in [2.75, 3.05) is 26.2 Å². The SMILES string of the molecule is Cc1ccc(-c2noc(CN3CCN(S(=O)(=O)c4ccc(C)cc4)CC3)n2)cc1. The fraction of sp³-hybridized carbons (Fsp3) is 0.333. The molecular weight excluding hydrogens is 388 g/mol. The van der Waals surface area contributed by atoms with Crippen molar-refractivity contribution in [1.29, 1.82) is 0 Å². The lowest BCUT2D eigenvalue weighted by Gasteiger charge is -2.33. The summed E-state index contributed by atoms with van der Waals surface area (Å²) in [5.74, 6) is 1.11. The Kier molecular flexibility index (Phi) is 5.49. The largest absolute Gasteiger partial charge is 0.338 e. The normalized spacial score (nSPS) is 16.2. The minimum Gasteiger partial charge on any atom is -0.338 e. The number of sulfonamides is 1. The van der Waals surface area contributed by atoms with Gasteiger partial charge in [-0.2, -0.15) is 9.29 Å². The number of piperazine rings is 1. The Hall–Kier alpha value is -2.55. The van der Waals surface area contributed by atoms with Crippen LogP contribution in [0.5, 0.6) is 0 Å². The molecule has 8 heteroatoms. The summed E-state index contributed by atoms with van der Waals surface area (Å²) in [7, 11) is -3.46. The third-order valence-electron chi connectivity index (χ3n) is 5.13. The standard InChI is InChI=1S/C21H24N4O3S/c1-16-3-7-18(8-4-16)21-22-20(28-23-21)15-24-11-13-25(14-12-24)29(26,27)19-9-5-17(2)6-10-19/h3-10H,11-15H2,1-2H3. The Morgan fingerprint density at radius 1 is 0.897 bits per heavy atom. The number of benzene rings is 2. The van der Waals surface area contributed by atoms with E-state index >= 15 is 0 Å². The summed E-state index contributed by atoms with van der Waals surface area (Å²) in [6.45, 7) is 6.60. The van der Waals surface area contributed by atoms with Gasteiger partial charge >= 0.3 is 0 Å². The smallest absolute Gasteiger partial charge is 0.243 e. The van der Waals surface area contributed by atoms with Gasteiger partial charge in [-0.25, -0.2) is 8.42 Å². The van der Waals surface area contributed by atoms with Crippen molar-refractivity contribution < 1.29 is 12.9 Å². The quantitative estimate of drug-likeness (QED) is 0.641. The first-order valence-corrected chi connectivity index (χ1v) is 11.0. The molecule has 0 spiro atoms. The monoisotopic (exact) mass is 412 g/mol. The van der Waals surface area contributed by atoms with Crippen LogP contribution in [-0.2, 0) is 16.6 Å². The molecule has 29 heavy (non-hydrogen) atoms. The molecule has 0 amide bonds. The zero-order valence-electron chi connectivity index (χ0n) is 16.6. The second-order valence-corrected chi connectivity index (χ2v) is 9.31. The molecule has 0 unspecified atom stereocenters. The number of hydrogen-bond donors (Lipinski definition) is 0. The summed E-state index contributed by atoms with van der Waals surface area (Å²) in [6.07, 6.45) is 0. The van der Waals surface area contributed by atoms with Crippen LogP contribution in [0, 0.1) is 13.8 Å². The maximum Gasteiger partial charge on any atom is 0.243 e. The third-order valence-corrected chi connectivity index (χ3v) is 7.04. The second-order valence-electron chi connectivity index (χ2n) is 7.37. The van der Waals surface area contributed by atoms with Crippen molar-refractivity contribution in [2.24, 2.45) is 0 Å². The first-order chi connectivity index (χ1) is 13.9. The van der Waals surface area contributed by atoms with E-state index in [1.807, 2.05) is 50.2 Å². The van der Waals surface area contributed by atoms with Gasteiger partial charge in [-0.3, -0.25) is 4.90 Å². The maximum atomic E-state index is 12.8. The molecule has 7 nitrogen and oxygen atoms in total. The van der Waals surface area contributed by atoms with E-state index in [0.29, 0.717) is 49.3 Å². The molecule has 0 atom stereocenters. The molecule has 1 aliphatic heterocycles. The van der Waals surface area contributed by atoms with Gasteiger partial charge in [0.05, 0.1) is 11.4 Å². The Balaban J connectivity index is 1.37. The van der Waals surface area contributed by atoms with Gasteiger partial charge in [0.1, 0.15) is 0 Å². The van der Waals surface area contributed by atoms with Gasteiger partial charge in [-0.1, -0.05) is 52.7 Å². The van der Waals surface area contributed by atoms with E-state index in [1.54, 1.807) is 16.4 Å². The van der Waals surface area contributed by atoms with Gasteiger partial charge in [0.25, 0.3) is 0 Å². The Bertz CT molecular complexity index is 1070. The van der Waals surface area contributed by atoms with E-state index in [4.69, 9.17) is 4.52 Å². The molecule has 2 aromatic carbocycles. The summed E-state index contributed by atoms with van der Waals surface area (Å²) in [6, 6.07) is 15.0. The second kappa shape index (κ2) is 8.06. The topological polar surface area (TPSA) is 79.5 Å². The van der Waals surface area contributed by atoms with E-state index < -0.39 is 10.0 Å². The lowest BCUT2D eigenvalue weighted by molar-refractivity contribution is 0.163. The van der Waals surface area contributed by atoms with Gasteiger partial charge in [0, 0.05) is 31.7 Å². The summed E-state index contributed by atoms with van der Waals surface area (Å²) in [5.41, 5.74) is 3.13.